The molecule has 15 heteroatoms. The second-order valence-electron chi connectivity index (χ2n) is 9.46. The Labute approximate surface area is 250 Å². The van der Waals surface area contributed by atoms with Crippen LogP contribution in [0.2, 0.25) is 0 Å². The third-order valence-corrected chi connectivity index (χ3v) is 6.79. The molecule has 12 nitrogen and oxygen atoms in total. The van der Waals surface area contributed by atoms with Crippen molar-refractivity contribution in [1.29, 1.82) is 0 Å². The predicted molar refractivity (Wildman–Crippen MR) is 156 cm³/mol. The number of ether oxygens (including phenoxy) is 4. The van der Waals surface area contributed by atoms with Gasteiger partial charge in [0.25, 0.3) is 5.95 Å². The summed E-state index contributed by atoms with van der Waals surface area (Å²) in [6, 6.07) is 7.28. The molecule has 2 unspecified atom stereocenters. The van der Waals surface area contributed by atoms with Gasteiger partial charge in [-0.25, -0.2) is 23.5 Å². The van der Waals surface area contributed by atoms with Gasteiger partial charge in [-0.3, -0.25) is 4.98 Å². The number of halogens is 2. The van der Waals surface area contributed by atoms with Gasteiger partial charge in [0, 0.05) is 41.9 Å². The highest BCUT2D eigenvalue weighted by atomic mass is 32.1. The fourth-order valence-electron chi connectivity index (χ4n) is 4.47. The van der Waals surface area contributed by atoms with E-state index in [1.807, 2.05) is 0 Å². The van der Waals surface area contributed by atoms with Crippen LogP contribution in [-0.4, -0.2) is 62.9 Å². The van der Waals surface area contributed by atoms with Crippen LogP contribution in [0.1, 0.15) is 42.3 Å². The Hall–Kier alpha value is -4.47. The van der Waals surface area contributed by atoms with E-state index in [4.69, 9.17) is 36.9 Å². The first-order chi connectivity index (χ1) is 20.8. The number of aromatic nitrogens is 5. The molecule has 4 aromatic rings. The fraction of sp³-hybridized carbons (Fsp3) is 0.321. The van der Waals surface area contributed by atoms with Crippen LogP contribution in [0, 0.1) is 11.6 Å². The topological polar surface area (TPSA) is 151 Å². The number of hydrogen-bond acceptors (Lipinski definition) is 10. The van der Waals surface area contributed by atoms with Gasteiger partial charge in [-0.05, 0) is 49.6 Å². The third-order valence-electron chi connectivity index (χ3n) is 6.57. The largest absolute Gasteiger partial charge is 0.497 e. The highest BCUT2D eigenvalue weighted by Crippen LogP contribution is 2.35. The van der Waals surface area contributed by atoms with Gasteiger partial charge in [-0.15, -0.1) is 9.78 Å². The summed E-state index contributed by atoms with van der Waals surface area (Å²) in [5.74, 6) is -1.34. The minimum atomic E-state index is -1.17. The molecule has 5 rings (SSSR count). The molecular weight excluding hydrogens is 584 g/mol. The molecule has 0 bridgehead atoms. The smallest absolute Gasteiger partial charge is 0.350 e. The van der Waals surface area contributed by atoms with Crippen molar-refractivity contribution >= 4 is 22.9 Å². The molecule has 0 aliphatic carbocycles. The van der Waals surface area contributed by atoms with Crippen LogP contribution in [0.25, 0.3) is 5.95 Å². The first-order valence-corrected chi connectivity index (χ1v) is 13.8. The average molecular weight is 614 g/mol. The van der Waals surface area contributed by atoms with Crippen LogP contribution in [0.4, 0.5) is 14.5 Å². The van der Waals surface area contributed by atoms with Crippen LogP contribution in [-0.2, 0) is 9.47 Å². The zero-order valence-corrected chi connectivity index (χ0v) is 23.9. The summed E-state index contributed by atoms with van der Waals surface area (Å²) in [5, 5.41) is 7.36. The van der Waals surface area contributed by atoms with Crippen molar-refractivity contribution in [3.8, 4) is 17.4 Å². The zero-order chi connectivity index (χ0) is 30.3. The Morgan fingerprint density at radius 2 is 2.05 bits per heavy atom. The van der Waals surface area contributed by atoms with Crippen molar-refractivity contribution in [2.24, 2.45) is 5.73 Å². The molecule has 0 spiro atoms. The number of hydrogen-bond donors (Lipinski definition) is 3. The minimum Gasteiger partial charge on any atom is -0.497 e. The van der Waals surface area contributed by atoms with Crippen LogP contribution < -0.4 is 26.2 Å². The number of benzene rings is 2. The molecule has 1 fully saturated rings. The van der Waals surface area contributed by atoms with Gasteiger partial charge in [0.1, 0.15) is 29.2 Å². The molecule has 2 aromatic heterocycles. The van der Waals surface area contributed by atoms with E-state index < -0.39 is 23.4 Å². The molecule has 43 heavy (non-hydrogen) atoms. The normalized spacial score (nSPS) is 15.6. The number of thiocarbonyl (C=S) groups is 1. The third kappa shape index (κ3) is 7.13. The van der Waals surface area contributed by atoms with E-state index in [9.17, 15) is 9.18 Å². The van der Waals surface area contributed by atoms with E-state index in [0.717, 1.165) is 30.0 Å². The summed E-state index contributed by atoms with van der Waals surface area (Å²) in [7, 11) is 1.42. The second-order valence-corrected chi connectivity index (χ2v) is 9.90. The molecule has 1 aliphatic rings. The quantitative estimate of drug-likeness (QED) is 0.159. The number of methoxy groups -OCH3 is 1. The van der Waals surface area contributed by atoms with Crippen LogP contribution >= 0.6 is 12.2 Å². The van der Waals surface area contributed by atoms with Gasteiger partial charge in [0.05, 0.1) is 13.7 Å². The fourth-order valence-corrected chi connectivity index (χ4v) is 4.64. The molecule has 1 aliphatic heterocycles. The number of nitrogens with zero attached hydrogens (tertiary/aromatic N) is 4. The minimum absolute atomic E-state index is 0.00214. The zero-order valence-electron chi connectivity index (χ0n) is 23.1. The Morgan fingerprint density at radius 1 is 1.23 bits per heavy atom. The first kappa shape index (κ1) is 30.0. The number of H-pyrrole nitrogens is 1. The van der Waals surface area contributed by atoms with Crippen molar-refractivity contribution in [2.75, 3.05) is 32.2 Å². The van der Waals surface area contributed by atoms with E-state index in [1.165, 1.54) is 43.8 Å². The van der Waals surface area contributed by atoms with E-state index in [2.05, 4.69) is 25.4 Å². The van der Waals surface area contributed by atoms with Crippen molar-refractivity contribution in [3.63, 3.8) is 0 Å². The highest BCUT2D eigenvalue weighted by Gasteiger charge is 2.27. The number of rotatable bonds is 12. The van der Waals surface area contributed by atoms with Gasteiger partial charge >= 0.3 is 5.69 Å². The Kier molecular flexibility index (Phi) is 9.54. The second kappa shape index (κ2) is 13.7. The molecular formula is C28H29F2N7O5S. The average Bonchev–Trinajstić information content (AvgIpc) is 3.41. The number of anilines is 1. The Balaban J connectivity index is 1.49. The van der Waals surface area contributed by atoms with E-state index in [0.29, 0.717) is 6.61 Å². The summed E-state index contributed by atoms with van der Waals surface area (Å²) in [6.07, 6.45) is 5.34. The molecule has 2 aromatic carbocycles. The molecule has 0 radical (unpaired) electrons. The van der Waals surface area contributed by atoms with Crippen molar-refractivity contribution < 1.29 is 27.7 Å². The lowest BCUT2D eigenvalue weighted by atomic mass is 10.0. The lowest BCUT2D eigenvalue weighted by Crippen LogP contribution is -2.24. The molecule has 2 atom stereocenters. The monoisotopic (exact) mass is 613 g/mol. The van der Waals surface area contributed by atoms with Crippen molar-refractivity contribution in [1.82, 2.24) is 24.7 Å². The first-order valence-electron chi connectivity index (χ1n) is 13.4. The molecule has 226 valence electrons. The summed E-state index contributed by atoms with van der Waals surface area (Å²) in [5.41, 5.74) is 5.17. The Morgan fingerprint density at radius 3 is 2.74 bits per heavy atom. The van der Waals surface area contributed by atoms with Crippen LogP contribution in [0.5, 0.6) is 11.5 Å². The highest BCUT2D eigenvalue weighted by molar-refractivity contribution is 7.80. The van der Waals surface area contributed by atoms with Gasteiger partial charge in [0.15, 0.2) is 23.7 Å². The number of nitrogens with two attached hydrogens (primary N) is 1. The predicted octanol–water partition coefficient (Wildman–Crippen LogP) is 3.40. The molecule has 0 saturated carbocycles. The molecule has 3 heterocycles. The lowest BCUT2D eigenvalue weighted by molar-refractivity contribution is -0.165. The molecule has 4 N–H and O–H groups in total. The van der Waals surface area contributed by atoms with Crippen LogP contribution in [0.3, 0.4) is 0 Å². The maximum absolute atomic E-state index is 16.1. The van der Waals surface area contributed by atoms with Gasteiger partial charge in [0.2, 0.25) is 0 Å². The summed E-state index contributed by atoms with van der Waals surface area (Å²) in [4.78, 5) is 23.5. The van der Waals surface area contributed by atoms with E-state index in [-0.39, 0.29) is 64.6 Å². The van der Waals surface area contributed by atoms with E-state index >= 15 is 4.39 Å². The van der Waals surface area contributed by atoms with Crippen molar-refractivity contribution in [3.05, 3.63) is 87.9 Å². The SMILES string of the molecule is COc1cc(OCCOC2CCCCO2)c(F)c(C(Nc2ccc(C(N)=S)c(F)c2)c2nn(-c3ncccn3)c(=O)[nH]2)c1. The Bertz CT molecular complexity index is 1630. The van der Waals surface area contributed by atoms with Gasteiger partial charge in [-0.2, -0.15) is 0 Å². The summed E-state index contributed by atoms with van der Waals surface area (Å²) < 4.78 is 54.3. The maximum Gasteiger partial charge on any atom is 0.350 e. The molecule has 0 amide bonds. The number of nitrogens with one attached hydrogen (secondary N) is 2. The summed E-state index contributed by atoms with van der Waals surface area (Å²) >= 11 is 4.90. The maximum atomic E-state index is 16.1. The van der Waals surface area contributed by atoms with E-state index in [1.54, 1.807) is 6.07 Å². The molecule has 1 saturated heterocycles. The standard InChI is InChI=1S/C28H29F2N7O5S/c1-39-17-14-19(23(30)21(15-17)40-11-12-42-22-5-2-3-10-41-22)24(34-16-6-7-18(25(31)43)20(29)13-16)26-35-28(38)37(36-26)27-32-8-4-9-33-27/h4,6-9,13-15,22,24,34H,2-3,5,10-12H2,1H3,(H2,31,43)(H,35,36,38). The lowest BCUT2D eigenvalue weighted by Gasteiger charge is -2.23. The summed E-state index contributed by atoms with van der Waals surface area (Å²) in [6.45, 7) is 0.833. The van der Waals surface area contributed by atoms with Gasteiger partial charge < -0.3 is 30.0 Å². The van der Waals surface area contributed by atoms with Gasteiger partial charge in [-0.1, -0.05) is 12.2 Å². The van der Waals surface area contributed by atoms with Crippen molar-refractivity contribution in [2.45, 2.75) is 31.6 Å². The number of aromatic amines is 1. The van der Waals surface area contributed by atoms with Crippen LogP contribution in [0.15, 0.2) is 53.6 Å².